The molecule has 0 bridgehead atoms. The molecule has 3 rings (SSSR count). The third-order valence-electron chi connectivity index (χ3n) is 5.18. The molecule has 0 aromatic carbocycles. The van der Waals surface area contributed by atoms with Crippen molar-refractivity contribution in [3.8, 4) is 0 Å². The van der Waals surface area contributed by atoms with Gasteiger partial charge < -0.3 is 19.5 Å². The second-order valence-electron chi connectivity index (χ2n) is 7.52. The lowest BCUT2D eigenvalue weighted by atomic mass is 9.94. The van der Waals surface area contributed by atoms with Gasteiger partial charge in [0.05, 0.1) is 37.9 Å². The third kappa shape index (κ3) is 4.66. The van der Waals surface area contributed by atoms with Crippen molar-refractivity contribution >= 4 is 5.91 Å². The molecule has 4 atom stereocenters. The fraction of sp³-hybridized carbons (Fsp3) is 0.941. The van der Waals surface area contributed by atoms with Gasteiger partial charge in [-0.25, -0.2) is 0 Å². The zero-order valence-corrected chi connectivity index (χ0v) is 14.3. The summed E-state index contributed by atoms with van der Waals surface area (Å²) in [5, 5.41) is 10.1. The lowest BCUT2D eigenvalue weighted by molar-refractivity contribution is -0.159. The summed E-state index contributed by atoms with van der Waals surface area (Å²) < 4.78 is 11.8. The number of carbonyl (C=O) groups excluding carboxylic acids is 1. The Labute approximate surface area is 138 Å². The van der Waals surface area contributed by atoms with E-state index in [1.807, 2.05) is 0 Å². The minimum atomic E-state index is -0.414. The van der Waals surface area contributed by atoms with Crippen molar-refractivity contribution in [1.29, 1.82) is 0 Å². The van der Waals surface area contributed by atoms with Crippen LogP contribution in [0.15, 0.2) is 0 Å². The summed E-state index contributed by atoms with van der Waals surface area (Å²) in [5.74, 6) is 0.904. The number of hydrogen-bond acceptors (Lipinski definition) is 5. The number of β-amino-alcohol motifs (C(OH)–C–C–N with tert-alkyl or cyclic N) is 1. The van der Waals surface area contributed by atoms with Gasteiger partial charge in [0.15, 0.2) is 0 Å². The lowest BCUT2D eigenvalue weighted by Crippen LogP contribution is -2.56. The van der Waals surface area contributed by atoms with E-state index in [0.717, 1.165) is 25.3 Å². The number of aliphatic hydroxyl groups excluding tert-OH is 1. The summed E-state index contributed by atoms with van der Waals surface area (Å²) in [5.41, 5.74) is 0. The Hall–Kier alpha value is -0.690. The molecule has 1 N–H and O–H groups in total. The average Bonchev–Trinajstić information content (AvgIpc) is 3.29. The number of hydrogen-bond donors (Lipinski definition) is 1. The van der Waals surface area contributed by atoms with E-state index in [2.05, 4.69) is 4.90 Å². The van der Waals surface area contributed by atoms with Gasteiger partial charge in [0.1, 0.15) is 0 Å². The van der Waals surface area contributed by atoms with Gasteiger partial charge in [0, 0.05) is 33.2 Å². The highest BCUT2D eigenvalue weighted by Gasteiger charge is 2.39. The molecule has 0 aromatic rings. The maximum atomic E-state index is 11.9. The maximum Gasteiger partial charge on any atom is 0.224 e. The van der Waals surface area contributed by atoms with Gasteiger partial charge >= 0.3 is 0 Å². The summed E-state index contributed by atoms with van der Waals surface area (Å²) in [6.45, 7) is 2.61. The van der Waals surface area contributed by atoms with Crippen LogP contribution in [0.5, 0.6) is 0 Å². The molecule has 1 amide bonds. The van der Waals surface area contributed by atoms with E-state index in [-0.39, 0.29) is 18.1 Å². The Kier molecular flexibility index (Phi) is 5.57. The van der Waals surface area contributed by atoms with Gasteiger partial charge in [-0.05, 0) is 31.6 Å². The van der Waals surface area contributed by atoms with Crippen LogP contribution in [0.2, 0.25) is 0 Å². The van der Waals surface area contributed by atoms with E-state index >= 15 is 0 Å². The fourth-order valence-electron chi connectivity index (χ4n) is 3.67. The lowest BCUT2D eigenvalue weighted by Gasteiger charge is -2.44. The predicted molar refractivity (Wildman–Crippen MR) is 86.1 cm³/mol. The van der Waals surface area contributed by atoms with Crippen LogP contribution in [0.3, 0.4) is 0 Å². The van der Waals surface area contributed by atoms with Crippen molar-refractivity contribution in [3.63, 3.8) is 0 Å². The molecule has 23 heavy (non-hydrogen) atoms. The molecule has 0 spiro atoms. The number of ether oxygens (including phenoxy) is 2. The predicted octanol–water partition coefficient (Wildman–Crippen LogP) is 0.484. The molecule has 0 aromatic heterocycles. The summed E-state index contributed by atoms with van der Waals surface area (Å²) in [6, 6.07) is 0.302. The van der Waals surface area contributed by atoms with Gasteiger partial charge in [0.25, 0.3) is 0 Å². The number of nitrogens with zero attached hydrogens (tertiary/aromatic N) is 2. The van der Waals surface area contributed by atoms with Gasteiger partial charge in [-0.1, -0.05) is 0 Å². The second kappa shape index (κ2) is 7.47. The highest BCUT2D eigenvalue weighted by atomic mass is 16.5. The molecule has 2 saturated heterocycles. The zero-order valence-electron chi connectivity index (χ0n) is 14.3. The van der Waals surface area contributed by atoms with Gasteiger partial charge in [-0.15, -0.1) is 0 Å². The van der Waals surface area contributed by atoms with Crippen molar-refractivity contribution in [3.05, 3.63) is 0 Å². The minimum Gasteiger partial charge on any atom is -0.389 e. The third-order valence-corrected chi connectivity index (χ3v) is 5.18. The largest absolute Gasteiger partial charge is 0.389 e. The topological polar surface area (TPSA) is 62.2 Å². The van der Waals surface area contributed by atoms with E-state index in [1.54, 1.807) is 19.0 Å². The van der Waals surface area contributed by atoms with Crippen LogP contribution < -0.4 is 0 Å². The monoisotopic (exact) mass is 326 g/mol. The summed E-state index contributed by atoms with van der Waals surface area (Å²) in [7, 11) is 3.57. The molecule has 6 heteroatoms. The van der Waals surface area contributed by atoms with Crippen LogP contribution in [-0.4, -0.2) is 85.6 Å². The number of fused-ring (bicyclic) bond motifs is 1. The molecule has 132 valence electrons. The quantitative estimate of drug-likeness (QED) is 0.814. The fourth-order valence-corrected chi connectivity index (χ4v) is 3.67. The molecular formula is C17H30N2O4. The molecule has 1 aliphatic carbocycles. The van der Waals surface area contributed by atoms with Crippen LogP contribution in [0.4, 0.5) is 0 Å². The first-order valence-corrected chi connectivity index (χ1v) is 8.88. The van der Waals surface area contributed by atoms with Crippen LogP contribution in [0, 0.1) is 5.92 Å². The van der Waals surface area contributed by atoms with Gasteiger partial charge in [-0.2, -0.15) is 0 Å². The average molecular weight is 326 g/mol. The Morgan fingerprint density at radius 1 is 1.22 bits per heavy atom. The standard InChI is InChI=1S/C17H30N2O4/c1-18(2)17(21)7-14-5-6-15-16(23-14)11-22-10-13(20)9-19(15)8-12-3-4-12/h12-16,20H,3-11H2,1-2H3/t13-,14-,15+,16-/m0/s1. The number of aliphatic hydroxyl groups is 1. The first kappa shape index (κ1) is 17.1. The summed E-state index contributed by atoms with van der Waals surface area (Å²) in [4.78, 5) is 16.0. The summed E-state index contributed by atoms with van der Waals surface area (Å²) >= 11 is 0. The molecule has 2 aliphatic heterocycles. The van der Waals surface area contributed by atoms with Crippen LogP contribution in [-0.2, 0) is 14.3 Å². The maximum absolute atomic E-state index is 11.9. The highest BCUT2D eigenvalue weighted by molar-refractivity contribution is 5.76. The smallest absolute Gasteiger partial charge is 0.224 e. The van der Waals surface area contributed by atoms with E-state index in [0.29, 0.717) is 32.2 Å². The van der Waals surface area contributed by atoms with Crippen molar-refractivity contribution in [2.45, 2.75) is 56.5 Å². The number of carbonyl (C=O) groups is 1. The first-order chi connectivity index (χ1) is 11.0. The van der Waals surface area contributed by atoms with Crippen molar-refractivity contribution in [1.82, 2.24) is 9.80 Å². The minimum absolute atomic E-state index is 0.00922. The first-order valence-electron chi connectivity index (χ1n) is 8.88. The van der Waals surface area contributed by atoms with Crippen LogP contribution in [0.1, 0.15) is 32.1 Å². The molecule has 0 radical (unpaired) electrons. The van der Waals surface area contributed by atoms with Gasteiger partial charge in [-0.3, -0.25) is 9.69 Å². The van der Waals surface area contributed by atoms with Gasteiger partial charge in [0.2, 0.25) is 5.91 Å². The molecule has 3 fully saturated rings. The molecule has 2 heterocycles. The number of amides is 1. The van der Waals surface area contributed by atoms with Crippen molar-refractivity contribution in [2.24, 2.45) is 5.92 Å². The Bertz CT molecular complexity index is 413. The van der Waals surface area contributed by atoms with Crippen molar-refractivity contribution < 1.29 is 19.4 Å². The zero-order chi connectivity index (χ0) is 16.4. The molecule has 3 aliphatic rings. The summed E-state index contributed by atoms with van der Waals surface area (Å²) in [6.07, 6.45) is 4.56. The van der Waals surface area contributed by atoms with E-state index in [9.17, 15) is 9.90 Å². The SMILES string of the molecule is CN(C)C(=O)C[C@@H]1CC[C@@H]2[C@H](COC[C@@H](O)CN2CC2CC2)O1. The van der Waals surface area contributed by atoms with Crippen LogP contribution in [0.25, 0.3) is 0 Å². The normalized spacial score (nSPS) is 36.0. The van der Waals surface area contributed by atoms with E-state index in [1.165, 1.54) is 12.8 Å². The Morgan fingerprint density at radius 3 is 2.70 bits per heavy atom. The number of rotatable bonds is 4. The highest BCUT2D eigenvalue weighted by Crippen LogP contribution is 2.34. The molecule has 0 unspecified atom stereocenters. The Balaban J connectivity index is 1.61. The van der Waals surface area contributed by atoms with E-state index in [4.69, 9.17) is 9.47 Å². The molecule has 6 nitrogen and oxygen atoms in total. The van der Waals surface area contributed by atoms with Crippen molar-refractivity contribution in [2.75, 3.05) is 40.4 Å². The Morgan fingerprint density at radius 2 is 2.00 bits per heavy atom. The van der Waals surface area contributed by atoms with E-state index < -0.39 is 6.10 Å². The molecule has 1 saturated carbocycles. The molecular weight excluding hydrogens is 296 g/mol. The van der Waals surface area contributed by atoms with Crippen LogP contribution >= 0.6 is 0 Å². The second-order valence-corrected chi connectivity index (χ2v) is 7.52.